The molecule has 2 heterocycles. The highest BCUT2D eigenvalue weighted by Crippen LogP contribution is 2.32. The monoisotopic (exact) mass is 406 g/mol. The fraction of sp³-hybridized carbons (Fsp3) is 0.458. The smallest absolute Gasteiger partial charge is 0.272 e. The van der Waals surface area contributed by atoms with E-state index in [9.17, 15) is 9.59 Å². The highest BCUT2D eigenvalue weighted by molar-refractivity contribution is 5.92. The molecular formula is C24H30N4O2. The molecule has 1 aromatic heterocycles. The first-order valence-electron chi connectivity index (χ1n) is 10.9. The van der Waals surface area contributed by atoms with Crippen LogP contribution in [-0.4, -0.2) is 59.3 Å². The SMILES string of the molecule is CNC1CCC(C(=O)N2CCN(C(=O)c3ccccn3)C[C@@H]2c2ccccc2)CC1. The molecule has 1 atom stereocenters. The molecule has 0 unspecified atom stereocenters. The van der Waals surface area contributed by atoms with Crippen molar-refractivity contribution in [1.82, 2.24) is 20.1 Å². The summed E-state index contributed by atoms with van der Waals surface area (Å²) in [6.45, 7) is 1.59. The lowest BCUT2D eigenvalue weighted by Gasteiger charge is -2.43. The van der Waals surface area contributed by atoms with Crippen LogP contribution in [0.5, 0.6) is 0 Å². The topological polar surface area (TPSA) is 65.5 Å². The Labute approximate surface area is 178 Å². The molecule has 158 valence electrons. The van der Waals surface area contributed by atoms with Crippen molar-refractivity contribution in [3.63, 3.8) is 0 Å². The van der Waals surface area contributed by atoms with Gasteiger partial charge in [-0.25, -0.2) is 0 Å². The van der Waals surface area contributed by atoms with Crippen molar-refractivity contribution in [2.45, 2.75) is 37.8 Å². The molecule has 1 aliphatic carbocycles. The lowest BCUT2D eigenvalue weighted by atomic mass is 9.84. The van der Waals surface area contributed by atoms with Gasteiger partial charge in [-0.1, -0.05) is 36.4 Å². The van der Waals surface area contributed by atoms with E-state index in [1.807, 2.05) is 47.2 Å². The number of hydrogen-bond acceptors (Lipinski definition) is 4. The average molecular weight is 407 g/mol. The number of nitrogens with zero attached hydrogens (tertiary/aromatic N) is 3. The molecule has 1 saturated heterocycles. The van der Waals surface area contributed by atoms with Crippen LogP contribution in [0.3, 0.4) is 0 Å². The first-order valence-corrected chi connectivity index (χ1v) is 10.9. The quantitative estimate of drug-likeness (QED) is 0.848. The van der Waals surface area contributed by atoms with Crippen LogP contribution in [0.4, 0.5) is 0 Å². The minimum absolute atomic E-state index is 0.0711. The van der Waals surface area contributed by atoms with Gasteiger partial charge in [0.2, 0.25) is 5.91 Å². The predicted molar refractivity (Wildman–Crippen MR) is 116 cm³/mol. The molecule has 2 fully saturated rings. The van der Waals surface area contributed by atoms with Crippen LogP contribution in [0.2, 0.25) is 0 Å². The summed E-state index contributed by atoms with van der Waals surface area (Å²) in [5, 5.41) is 3.34. The molecule has 4 rings (SSSR count). The molecule has 6 nitrogen and oxygen atoms in total. The first kappa shape index (κ1) is 20.5. The molecule has 0 bridgehead atoms. The van der Waals surface area contributed by atoms with Crippen molar-refractivity contribution >= 4 is 11.8 Å². The fourth-order valence-corrected chi connectivity index (χ4v) is 4.71. The van der Waals surface area contributed by atoms with E-state index < -0.39 is 0 Å². The largest absolute Gasteiger partial charge is 0.333 e. The number of rotatable bonds is 4. The number of carbonyl (C=O) groups is 2. The van der Waals surface area contributed by atoms with Gasteiger partial charge < -0.3 is 15.1 Å². The zero-order chi connectivity index (χ0) is 20.9. The summed E-state index contributed by atoms with van der Waals surface area (Å²) in [6, 6.07) is 15.9. The van der Waals surface area contributed by atoms with Gasteiger partial charge >= 0.3 is 0 Å². The fourth-order valence-electron chi connectivity index (χ4n) is 4.71. The molecule has 2 amide bonds. The van der Waals surface area contributed by atoms with E-state index in [1.54, 1.807) is 12.3 Å². The van der Waals surface area contributed by atoms with Gasteiger partial charge in [0, 0.05) is 37.8 Å². The van der Waals surface area contributed by atoms with E-state index in [-0.39, 0.29) is 23.8 Å². The number of benzene rings is 1. The molecule has 1 saturated carbocycles. The van der Waals surface area contributed by atoms with Crippen LogP contribution < -0.4 is 5.32 Å². The second-order valence-corrected chi connectivity index (χ2v) is 8.26. The van der Waals surface area contributed by atoms with Crippen molar-refractivity contribution < 1.29 is 9.59 Å². The van der Waals surface area contributed by atoms with Crippen molar-refractivity contribution in [2.24, 2.45) is 5.92 Å². The van der Waals surface area contributed by atoms with Crippen molar-refractivity contribution in [3.05, 3.63) is 66.0 Å². The number of piperazine rings is 1. The molecule has 1 aromatic carbocycles. The third-order valence-electron chi connectivity index (χ3n) is 6.50. The van der Waals surface area contributed by atoms with Gasteiger partial charge in [0.15, 0.2) is 0 Å². The summed E-state index contributed by atoms with van der Waals surface area (Å²) < 4.78 is 0. The summed E-state index contributed by atoms with van der Waals surface area (Å²) >= 11 is 0. The Hall–Kier alpha value is -2.73. The number of carbonyl (C=O) groups excluding carboxylic acids is 2. The van der Waals surface area contributed by atoms with Gasteiger partial charge in [-0.2, -0.15) is 0 Å². The molecule has 30 heavy (non-hydrogen) atoms. The van der Waals surface area contributed by atoms with Crippen molar-refractivity contribution in [1.29, 1.82) is 0 Å². The minimum atomic E-state index is -0.123. The Balaban J connectivity index is 1.53. The second-order valence-electron chi connectivity index (χ2n) is 8.26. The minimum Gasteiger partial charge on any atom is -0.333 e. The maximum absolute atomic E-state index is 13.5. The summed E-state index contributed by atoms with van der Waals surface area (Å²) in [6.07, 6.45) is 5.59. The Kier molecular flexibility index (Phi) is 6.43. The van der Waals surface area contributed by atoms with E-state index in [0.717, 1.165) is 31.2 Å². The number of hydrogen-bond donors (Lipinski definition) is 1. The van der Waals surface area contributed by atoms with E-state index in [1.165, 1.54) is 0 Å². The highest BCUT2D eigenvalue weighted by Gasteiger charge is 2.37. The van der Waals surface area contributed by atoms with Gasteiger partial charge in [0.25, 0.3) is 5.91 Å². The number of amides is 2. The third kappa shape index (κ3) is 4.38. The van der Waals surface area contributed by atoms with Crippen LogP contribution in [0.1, 0.15) is 47.8 Å². The second kappa shape index (κ2) is 9.39. The average Bonchev–Trinajstić information content (AvgIpc) is 2.84. The van der Waals surface area contributed by atoms with Crippen LogP contribution >= 0.6 is 0 Å². The van der Waals surface area contributed by atoms with E-state index in [4.69, 9.17) is 0 Å². The summed E-state index contributed by atoms with van der Waals surface area (Å²) in [5.74, 6) is 0.250. The van der Waals surface area contributed by atoms with Gasteiger partial charge in [-0.3, -0.25) is 14.6 Å². The van der Waals surface area contributed by atoms with E-state index in [2.05, 4.69) is 22.4 Å². The van der Waals surface area contributed by atoms with Crippen LogP contribution in [0.25, 0.3) is 0 Å². The zero-order valence-corrected chi connectivity index (χ0v) is 17.5. The zero-order valence-electron chi connectivity index (χ0n) is 17.5. The van der Waals surface area contributed by atoms with Crippen molar-refractivity contribution in [3.8, 4) is 0 Å². The van der Waals surface area contributed by atoms with Crippen LogP contribution in [0.15, 0.2) is 54.7 Å². The molecule has 2 aromatic rings. The van der Waals surface area contributed by atoms with E-state index >= 15 is 0 Å². The highest BCUT2D eigenvalue weighted by atomic mass is 16.2. The Morgan fingerprint density at radius 3 is 2.37 bits per heavy atom. The maximum atomic E-state index is 13.5. The van der Waals surface area contributed by atoms with E-state index in [0.29, 0.717) is 31.4 Å². The van der Waals surface area contributed by atoms with Gasteiger partial charge in [0.05, 0.1) is 6.04 Å². The van der Waals surface area contributed by atoms with Gasteiger partial charge in [-0.15, -0.1) is 0 Å². The first-order chi connectivity index (χ1) is 14.7. The molecule has 0 spiro atoms. The molecule has 6 heteroatoms. The predicted octanol–water partition coefficient (Wildman–Crippen LogP) is 2.89. The van der Waals surface area contributed by atoms with Gasteiger partial charge in [0.1, 0.15) is 5.69 Å². The normalized spacial score (nSPS) is 24.5. The molecule has 1 aliphatic heterocycles. The number of nitrogens with one attached hydrogen (secondary N) is 1. The molecular weight excluding hydrogens is 376 g/mol. The number of pyridine rings is 1. The van der Waals surface area contributed by atoms with Crippen molar-refractivity contribution in [2.75, 3.05) is 26.7 Å². The maximum Gasteiger partial charge on any atom is 0.272 e. The standard InChI is InChI=1S/C24H30N4O2/c1-25-20-12-10-19(11-13-20)23(29)28-16-15-27(24(30)21-9-5-6-14-26-21)17-22(28)18-7-3-2-4-8-18/h2-9,14,19-20,22,25H,10-13,15-17H2,1H3/t19?,20?,22-/m1/s1. The lowest BCUT2D eigenvalue weighted by molar-refractivity contribution is -0.141. The van der Waals surface area contributed by atoms with Gasteiger partial charge in [-0.05, 0) is 50.4 Å². The number of aromatic nitrogens is 1. The Bertz CT molecular complexity index is 850. The lowest BCUT2D eigenvalue weighted by Crippen LogP contribution is -2.54. The molecule has 2 aliphatic rings. The van der Waals surface area contributed by atoms with Crippen LogP contribution in [0, 0.1) is 5.92 Å². The summed E-state index contributed by atoms with van der Waals surface area (Å²) in [4.78, 5) is 34.5. The molecule has 1 N–H and O–H groups in total. The van der Waals surface area contributed by atoms with Crippen LogP contribution in [-0.2, 0) is 4.79 Å². The third-order valence-corrected chi connectivity index (χ3v) is 6.50. The summed E-state index contributed by atoms with van der Waals surface area (Å²) in [7, 11) is 2.00. The Morgan fingerprint density at radius 1 is 0.967 bits per heavy atom. The molecule has 0 radical (unpaired) electrons. The Morgan fingerprint density at radius 2 is 1.70 bits per heavy atom. The summed E-state index contributed by atoms with van der Waals surface area (Å²) in [5.41, 5.74) is 1.53.